The van der Waals surface area contributed by atoms with Gasteiger partial charge in [0.05, 0.1) is 6.42 Å². The fraction of sp³-hybridized carbons (Fsp3) is 0.235. The van der Waals surface area contributed by atoms with Gasteiger partial charge in [0.25, 0.3) is 0 Å². The van der Waals surface area contributed by atoms with E-state index in [0.717, 1.165) is 16.3 Å². The van der Waals surface area contributed by atoms with Gasteiger partial charge in [-0.3, -0.25) is 14.4 Å². The number of rotatable bonds is 7. The summed E-state index contributed by atoms with van der Waals surface area (Å²) in [5.74, 6) is -2.15. The summed E-state index contributed by atoms with van der Waals surface area (Å²) in [6.07, 6.45) is -0.153. The Hall–Kier alpha value is -2.89. The highest BCUT2D eigenvalue weighted by Crippen LogP contribution is 2.16. The van der Waals surface area contributed by atoms with Crippen molar-refractivity contribution < 1.29 is 19.5 Å². The Kier molecular flexibility index (Phi) is 5.30. The summed E-state index contributed by atoms with van der Waals surface area (Å²) in [5, 5.41) is 13.2. The maximum atomic E-state index is 12.0. The highest BCUT2D eigenvalue weighted by atomic mass is 16.4. The molecule has 2 amide bonds. The standard InChI is InChI=1S/C17H18N2O4/c18-17(23)14(7-8-16(21)22)19-15(20)10-11-5-6-12-3-1-2-4-13(12)9-11/h1-6,9,14H,7-8,10H2,(H2,18,23)(H,19,20)(H,21,22)/t14-/m1/s1. The average Bonchev–Trinajstić information content (AvgIpc) is 2.50. The second kappa shape index (κ2) is 7.40. The van der Waals surface area contributed by atoms with Crippen molar-refractivity contribution in [3.8, 4) is 0 Å². The van der Waals surface area contributed by atoms with E-state index in [0.29, 0.717) is 0 Å². The van der Waals surface area contributed by atoms with Gasteiger partial charge in [0, 0.05) is 6.42 Å². The molecule has 0 aromatic heterocycles. The molecule has 0 aliphatic rings. The molecule has 0 saturated heterocycles. The summed E-state index contributed by atoms with van der Waals surface area (Å²) in [5.41, 5.74) is 6.00. The largest absolute Gasteiger partial charge is 0.481 e. The second-order valence-corrected chi connectivity index (χ2v) is 5.31. The highest BCUT2D eigenvalue weighted by molar-refractivity contribution is 5.89. The predicted octanol–water partition coefficient (Wildman–Crippen LogP) is 1.22. The number of amides is 2. The van der Waals surface area contributed by atoms with E-state index in [1.165, 1.54) is 0 Å². The lowest BCUT2D eigenvalue weighted by molar-refractivity contribution is -0.137. The maximum absolute atomic E-state index is 12.0. The molecule has 2 rings (SSSR count). The third-order valence-corrected chi connectivity index (χ3v) is 3.50. The van der Waals surface area contributed by atoms with Crippen LogP contribution in [0.3, 0.4) is 0 Å². The molecule has 0 saturated carbocycles. The van der Waals surface area contributed by atoms with Crippen LogP contribution in [0.2, 0.25) is 0 Å². The number of primary amides is 1. The summed E-state index contributed by atoms with van der Waals surface area (Å²) < 4.78 is 0. The van der Waals surface area contributed by atoms with Gasteiger partial charge in [-0.15, -0.1) is 0 Å². The molecule has 0 unspecified atom stereocenters. The molecule has 23 heavy (non-hydrogen) atoms. The topological polar surface area (TPSA) is 109 Å². The average molecular weight is 314 g/mol. The number of hydrogen-bond acceptors (Lipinski definition) is 3. The number of hydrogen-bond donors (Lipinski definition) is 3. The normalized spacial score (nSPS) is 11.8. The quantitative estimate of drug-likeness (QED) is 0.713. The van der Waals surface area contributed by atoms with E-state index in [1.807, 2.05) is 42.5 Å². The van der Waals surface area contributed by atoms with Crippen molar-refractivity contribution in [3.63, 3.8) is 0 Å². The van der Waals surface area contributed by atoms with Gasteiger partial charge in [-0.05, 0) is 22.8 Å². The van der Waals surface area contributed by atoms with Crippen molar-refractivity contribution in [1.82, 2.24) is 5.32 Å². The zero-order valence-electron chi connectivity index (χ0n) is 12.5. The minimum atomic E-state index is -1.04. The van der Waals surface area contributed by atoms with Gasteiger partial charge >= 0.3 is 5.97 Å². The molecule has 4 N–H and O–H groups in total. The van der Waals surface area contributed by atoms with E-state index >= 15 is 0 Å². The lowest BCUT2D eigenvalue weighted by Gasteiger charge is -2.14. The minimum absolute atomic E-state index is 0.0197. The first kappa shape index (κ1) is 16.5. The van der Waals surface area contributed by atoms with Crippen LogP contribution in [-0.2, 0) is 20.8 Å². The number of carbonyl (C=O) groups is 3. The van der Waals surface area contributed by atoms with Crippen LogP contribution in [0, 0.1) is 0 Å². The van der Waals surface area contributed by atoms with Crippen molar-refractivity contribution in [3.05, 3.63) is 48.0 Å². The lowest BCUT2D eigenvalue weighted by atomic mass is 10.0. The van der Waals surface area contributed by atoms with Crippen LogP contribution in [0.4, 0.5) is 0 Å². The van der Waals surface area contributed by atoms with Crippen molar-refractivity contribution in [2.24, 2.45) is 5.73 Å². The molecule has 0 heterocycles. The van der Waals surface area contributed by atoms with Crippen molar-refractivity contribution >= 4 is 28.6 Å². The van der Waals surface area contributed by atoms with Crippen molar-refractivity contribution in [2.75, 3.05) is 0 Å². The Morgan fingerprint density at radius 1 is 1.09 bits per heavy atom. The Bertz CT molecular complexity index is 742. The third-order valence-electron chi connectivity index (χ3n) is 3.50. The Morgan fingerprint density at radius 2 is 1.78 bits per heavy atom. The summed E-state index contributed by atoms with van der Waals surface area (Å²) in [4.78, 5) is 33.9. The number of nitrogens with two attached hydrogens (primary N) is 1. The molecule has 0 radical (unpaired) electrons. The molecular formula is C17H18N2O4. The Labute approximate surface area is 133 Å². The molecule has 0 aliphatic carbocycles. The van der Waals surface area contributed by atoms with E-state index < -0.39 is 17.9 Å². The van der Waals surface area contributed by atoms with Crippen molar-refractivity contribution in [2.45, 2.75) is 25.3 Å². The number of fused-ring (bicyclic) bond motifs is 1. The minimum Gasteiger partial charge on any atom is -0.481 e. The van der Waals surface area contributed by atoms with Gasteiger partial charge in [-0.2, -0.15) is 0 Å². The highest BCUT2D eigenvalue weighted by Gasteiger charge is 2.19. The van der Waals surface area contributed by atoms with Crippen LogP contribution < -0.4 is 11.1 Å². The lowest BCUT2D eigenvalue weighted by Crippen LogP contribution is -2.45. The Balaban J connectivity index is 2.01. The van der Waals surface area contributed by atoms with Crippen LogP contribution in [0.5, 0.6) is 0 Å². The van der Waals surface area contributed by atoms with Gasteiger partial charge in [0.1, 0.15) is 6.04 Å². The first-order valence-corrected chi connectivity index (χ1v) is 7.24. The summed E-state index contributed by atoms with van der Waals surface area (Å²) in [6.45, 7) is 0. The molecular weight excluding hydrogens is 296 g/mol. The van der Waals surface area contributed by atoms with Gasteiger partial charge < -0.3 is 16.2 Å². The third kappa shape index (κ3) is 4.81. The Morgan fingerprint density at radius 3 is 2.43 bits per heavy atom. The maximum Gasteiger partial charge on any atom is 0.303 e. The molecule has 2 aromatic carbocycles. The fourth-order valence-corrected chi connectivity index (χ4v) is 2.33. The second-order valence-electron chi connectivity index (χ2n) is 5.31. The van der Waals surface area contributed by atoms with E-state index in [9.17, 15) is 14.4 Å². The first-order chi connectivity index (χ1) is 11.0. The van der Waals surface area contributed by atoms with E-state index in [-0.39, 0.29) is 25.2 Å². The molecule has 0 fully saturated rings. The van der Waals surface area contributed by atoms with Gasteiger partial charge in [0.15, 0.2) is 0 Å². The zero-order chi connectivity index (χ0) is 16.8. The molecule has 0 aliphatic heterocycles. The van der Waals surface area contributed by atoms with Gasteiger partial charge in [-0.25, -0.2) is 0 Å². The van der Waals surface area contributed by atoms with E-state index in [4.69, 9.17) is 10.8 Å². The van der Waals surface area contributed by atoms with E-state index in [2.05, 4.69) is 5.32 Å². The summed E-state index contributed by atoms with van der Waals surface area (Å²) >= 11 is 0. The molecule has 120 valence electrons. The van der Waals surface area contributed by atoms with E-state index in [1.54, 1.807) is 0 Å². The summed E-state index contributed by atoms with van der Waals surface area (Å²) in [6, 6.07) is 12.5. The fourth-order valence-electron chi connectivity index (χ4n) is 2.33. The monoisotopic (exact) mass is 314 g/mol. The number of carbonyl (C=O) groups excluding carboxylic acids is 2. The number of nitrogens with one attached hydrogen (secondary N) is 1. The van der Waals surface area contributed by atoms with Crippen LogP contribution >= 0.6 is 0 Å². The number of benzene rings is 2. The number of carboxylic acid groups (broad SMARTS) is 1. The molecule has 6 heteroatoms. The van der Waals surface area contributed by atoms with Crippen LogP contribution in [0.1, 0.15) is 18.4 Å². The van der Waals surface area contributed by atoms with Gasteiger partial charge in [-0.1, -0.05) is 42.5 Å². The van der Waals surface area contributed by atoms with Crippen LogP contribution in [0.15, 0.2) is 42.5 Å². The van der Waals surface area contributed by atoms with Gasteiger partial charge in [0.2, 0.25) is 11.8 Å². The molecule has 2 aromatic rings. The van der Waals surface area contributed by atoms with Crippen LogP contribution in [0.25, 0.3) is 10.8 Å². The molecule has 1 atom stereocenters. The SMILES string of the molecule is NC(=O)[C@@H](CCC(=O)O)NC(=O)Cc1ccc2ccccc2c1. The summed E-state index contributed by atoms with van der Waals surface area (Å²) in [7, 11) is 0. The van der Waals surface area contributed by atoms with Crippen LogP contribution in [-0.4, -0.2) is 28.9 Å². The molecule has 6 nitrogen and oxygen atoms in total. The molecule has 0 spiro atoms. The predicted molar refractivity (Wildman–Crippen MR) is 85.6 cm³/mol. The zero-order valence-corrected chi connectivity index (χ0v) is 12.5. The number of aliphatic carboxylic acids is 1. The smallest absolute Gasteiger partial charge is 0.303 e. The van der Waals surface area contributed by atoms with Crippen molar-refractivity contribution in [1.29, 1.82) is 0 Å². The first-order valence-electron chi connectivity index (χ1n) is 7.24. The molecule has 0 bridgehead atoms. The number of carboxylic acids is 1.